The summed E-state index contributed by atoms with van der Waals surface area (Å²) in [6.07, 6.45) is 2.38. The average molecular weight is 239 g/mol. The van der Waals surface area contributed by atoms with E-state index in [0.717, 1.165) is 19.4 Å². The minimum atomic E-state index is 0.133. The van der Waals surface area contributed by atoms with Crippen LogP contribution in [0.1, 0.15) is 24.5 Å². The van der Waals surface area contributed by atoms with Gasteiger partial charge >= 0.3 is 0 Å². The van der Waals surface area contributed by atoms with E-state index in [4.69, 9.17) is 16.3 Å². The first-order valence-corrected chi connectivity index (χ1v) is 6.43. The molecule has 16 heavy (non-hydrogen) atoms. The first-order chi connectivity index (χ1) is 7.68. The third-order valence-corrected chi connectivity index (χ3v) is 4.43. The summed E-state index contributed by atoms with van der Waals surface area (Å²) >= 11 is 6.18. The number of benzene rings is 1. The van der Waals surface area contributed by atoms with Crippen LogP contribution in [0, 0.1) is 12.3 Å². The van der Waals surface area contributed by atoms with E-state index >= 15 is 0 Å². The molecule has 0 spiro atoms. The molecule has 1 heterocycles. The van der Waals surface area contributed by atoms with Crippen LogP contribution in [0.25, 0.3) is 0 Å². The highest BCUT2D eigenvalue weighted by atomic mass is 35.5. The van der Waals surface area contributed by atoms with Crippen molar-refractivity contribution in [3.63, 3.8) is 0 Å². The molecule has 88 valence electrons. The Morgan fingerprint density at radius 3 is 2.75 bits per heavy atom. The molecule has 0 N–H and O–H groups in total. The molecule has 0 radical (unpaired) electrons. The highest BCUT2D eigenvalue weighted by Crippen LogP contribution is 2.39. The van der Waals surface area contributed by atoms with Gasteiger partial charge in [-0.3, -0.25) is 0 Å². The van der Waals surface area contributed by atoms with Crippen LogP contribution in [0.3, 0.4) is 0 Å². The van der Waals surface area contributed by atoms with Crippen molar-refractivity contribution >= 4 is 11.6 Å². The van der Waals surface area contributed by atoms with Crippen molar-refractivity contribution in [1.82, 2.24) is 0 Å². The lowest BCUT2D eigenvalue weighted by atomic mass is 9.77. The third-order valence-electron chi connectivity index (χ3n) is 3.90. The number of hydrogen-bond acceptors (Lipinski definition) is 1. The number of hydrogen-bond donors (Lipinski definition) is 0. The molecular weight excluding hydrogens is 220 g/mol. The van der Waals surface area contributed by atoms with E-state index in [-0.39, 0.29) is 11.5 Å². The standard InChI is InChI=1S/C14H19ClO/c1-11-5-3-4-6-13(11)9-14(10-15)7-8-16-12(14)2/h3-6,12H,7-10H2,1-2H3. The van der Waals surface area contributed by atoms with E-state index in [1.807, 2.05) is 0 Å². The number of halogens is 1. The van der Waals surface area contributed by atoms with Crippen molar-refractivity contribution < 1.29 is 4.74 Å². The number of alkyl halides is 1. The summed E-state index contributed by atoms with van der Waals surface area (Å²) in [4.78, 5) is 0. The number of rotatable bonds is 3. The quantitative estimate of drug-likeness (QED) is 0.732. The molecule has 0 bridgehead atoms. The lowest BCUT2D eigenvalue weighted by Gasteiger charge is -2.30. The highest BCUT2D eigenvalue weighted by molar-refractivity contribution is 6.18. The molecule has 1 aliphatic heterocycles. The summed E-state index contributed by atoms with van der Waals surface area (Å²) in [6, 6.07) is 8.55. The molecule has 2 atom stereocenters. The smallest absolute Gasteiger partial charge is 0.0618 e. The molecule has 1 aliphatic rings. The van der Waals surface area contributed by atoms with Gasteiger partial charge in [-0.2, -0.15) is 0 Å². The van der Waals surface area contributed by atoms with Gasteiger partial charge in [-0.25, -0.2) is 0 Å². The number of ether oxygens (including phenoxy) is 1. The minimum absolute atomic E-state index is 0.133. The Labute approximate surface area is 103 Å². The first kappa shape index (κ1) is 11.9. The normalized spacial score (nSPS) is 29.6. The van der Waals surface area contributed by atoms with Gasteiger partial charge in [0.1, 0.15) is 0 Å². The molecule has 1 fully saturated rings. The second kappa shape index (κ2) is 4.77. The molecule has 0 amide bonds. The lowest BCUT2D eigenvalue weighted by Crippen LogP contribution is -2.33. The number of aryl methyl sites for hydroxylation is 1. The van der Waals surface area contributed by atoms with Gasteiger partial charge in [0, 0.05) is 17.9 Å². The fourth-order valence-corrected chi connectivity index (χ4v) is 2.91. The van der Waals surface area contributed by atoms with Crippen LogP contribution in [-0.2, 0) is 11.2 Å². The van der Waals surface area contributed by atoms with Gasteiger partial charge in [0.2, 0.25) is 0 Å². The van der Waals surface area contributed by atoms with E-state index < -0.39 is 0 Å². The summed E-state index contributed by atoms with van der Waals surface area (Å²) in [5.74, 6) is 0.683. The Kier molecular flexibility index (Phi) is 3.56. The molecule has 1 aromatic carbocycles. The summed E-state index contributed by atoms with van der Waals surface area (Å²) in [6.45, 7) is 5.16. The Bertz CT molecular complexity index is 364. The molecule has 0 aliphatic carbocycles. The van der Waals surface area contributed by atoms with Crippen LogP contribution in [0.4, 0.5) is 0 Å². The van der Waals surface area contributed by atoms with Gasteiger partial charge in [0.05, 0.1) is 6.10 Å². The van der Waals surface area contributed by atoms with Gasteiger partial charge in [0.15, 0.2) is 0 Å². The minimum Gasteiger partial charge on any atom is -0.378 e. The zero-order valence-corrected chi connectivity index (χ0v) is 10.8. The van der Waals surface area contributed by atoms with E-state index in [1.54, 1.807) is 0 Å². The van der Waals surface area contributed by atoms with Crippen molar-refractivity contribution in [3.8, 4) is 0 Å². The van der Waals surface area contributed by atoms with E-state index in [9.17, 15) is 0 Å². The Balaban J connectivity index is 2.22. The van der Waals surface area contributed by atoms with Crippen molar-refractivity contribution in [3.05, 3.63) is 35.4 Å². The van der Waals surface area contributed by atoms with Gasteiger partial charge < -0.3 is 4.74 Å². The lowest BCUT2D eigenvalue weighted by molar-refractivity contribution is 0.0735. The molecule has 1 aromatic rings. The van der Waals surface area contributed by atoms with E-state index in [0.29, 0.717) is 5.88 Å². The maximum absolute atomic E-state index is 6.18. The topological polar surface area (TPSA) is 9.23 Å². The molecule has 2 unspecified atom stereocenters. The summed E-state index contributed by atoms with van der Waals surface area (Å²) in [5, 5.41) is 0. The largest absolute Gasteiger partial charge is 0.378 e. The van der Waals surface area contributed by atoms with Gasteiger partial charge in [-0.1, -0.05) is 24.3 Å². The average Bonchev–Trinajstić information content (AvgIpc) is 2.64. The molecule has 1 saturated heterocycles. The Morgan fingerprint density at radius 1 is 1.44 bits per heavy atom. The van der Waals surface area contributed by atoms with Crippen molar-refractivity contribution in [2.24, 2.45) is 5.41 Å². The highest BCUT2D eigenvalue weighted by Gasteiger charge is 2.40. The molecule has 2 heteroatoms. The maximum atomic E-state index is 6.18. The van der Waals surface area contributed by atoms with Gasteiger partial charge in [-0.15, -0.1) is 11.6 Å². The van der Waals surface area contributed by atoms with Crippen LogP contribution in [-0.4, -0.2) is 18.6 Å². The maximum Gasteiger partial charge on any atom is 0.0618 e. The SMILES string of the molecule is Cc1ccccc1CC1(CCl)CCOC1C. The van der Waals surface area contributed by atoms with Gasteiger partial charge in [0.25, 0.3) is 0 Å². The first-order valence-electron chi connectivity index (χ1n) is 5.90. The van der Waals surface area contributed by atoms with Crippen molar-refractivity contribution in [2.45, 2.75) is 32.8 Å². The molecule has 1 nitrogen and oxygen atoms in total. The van der Waals surface area contributed by atoms with E-state index in [2.05, 4.69) is 38.1 Å². The second-order valence-electron chi connectivity index (χ2n) is 4.86. The summed E-state index contributed by atoms with van der Waals surface area (Å²) in [5.41, 5.74) is 2.89. The predicted molar refractivity (Wildman–Crippen MR) is 68.1 cm³/mol. The van der Waals surface area contributed by atoms with E-state index in [1.165, 1.54) is 11.1 Å². The fraction of sp³-hybridized carbons (Fsp3) is 0.571. The van der Waals surface area contributed by atoms with Crippen LogP contribution in [0.5, 0.6) is 0 Å². The molecule has 0 saturated carbocycles. The Morgan fingerprint density at radius 2 is 2.19 bits per heavy atom. The van der Waals surface area contributed by atoms with Crippen LogP contribution in [0.2, 0.25) is 0 Å². The molecular formula is C14H19ClO. The Hall–Kier alpha value is -0.530. The van der Waals surface area contributed by atoms with Gasteiger partial charge in [-0.05, 0) is 37.8 Å². The fourth-order valence-electron chi connectivity index (χ4n) is 2.46. The monoisotopic (exact) mass is 238 g/mol. The van der Waals surface area contributed by atoms with Crippen molar-refractivity contribution in [1.29, 1.82) is 0 Å². The third kappa shape index (κ3) is 2.11. The van der Waals surface area contributed by atoms with Crippen LogP contribution >= 0.6 is 11.6 Å². The van der Waals surface area contributed by atoms with Crippen LogP contribution < -0.4 is 0 Å². The zero-order valence-electron chi connectivity index (χ0n) is 10.0. The zero-order chi connectivity index (χ0) is 11.6. The summed E-state index contributed by atoms with van der Waals surface area (Å²) < 4.78 is 5.69. The van der Waals surface area contributed by atoms with Crippen LogP contribution in [0.15, 0.2) is 24.3 Å². The predicted octanol–water partition coefficient (Wildman–Crippen LogP) is 3.57. The van der Waals surface area contributed by atoms with Crippen molar-refractivity contribution in [2.75, 3.05) is 12.5 Å². The second-order valence-corrected chi connectivity index (χ2v) is 5.13. The molecule has 0 aromatic heterocycles. The summed E-state index contributed by atoms with van der Waals surface area (Å²) in [7, 11) is 0. The molecule has 2 rings (SSSR count).